The first-order valence-corrected chi connectivity index (χ1v) is 10.9. The van der Waals surface area contributed by atoms with Crippen LogP contribution in [0.5, 0.6) is 11.5 Å². The van der Waals surface area contributed by atoms with Gasteiger partial charge in [-0.15, -0.1) is 0 Å². The van der Waals surface area contributed by atoms with E-state index in [2.05, 4.69) is 20.7 Å². The first kappa shape index (κ1) is 23.5. The van der Waals surface area contributed by atoms with Gasteiger partial charge in [0.2, 0.25) is 0 Å². The van der Waals surface area contributed by atoms with E-state index in [0.717, 1.165) is 11.8 Å². The van der Waals surface area contributed by atoms with E-state index in [1.165, 1.54) is 37.3 Å². The molecular formula is C20H14BrClFNO5S2. The van der Waals surface area contributed by atoms with Gasteiger partial charge >= 0.3 is 5.97 Å². The van der Waals surface area contributed by atoms with Crippen molar-refractivity contribution in [3.8, 4) is 11.5 Å². The number of carbonyl (C=O) groups is 2. The average molecular weight is 547 g/mol. The molecule has 1 aliphatic heterocycles. The lowest BCUT2D eigenvalue weighted by Crippen LogP contribution is -2.27. The van der Waals surface area contributed by atoms with Crippen molar-refractivity contribution in [2.24, 2.45) is 0 Å². The lowest BCUT2D eigenvalue weighted by atomic mass is 10.1. The van der Waals surface area contributed by atoms with Gasteiger partial charge in [-0.2, -0.15) is 0 Å². The summed E-state index contributed by atoms with van der Waals surface area (Å²) in [5.41, 5.74) is 1.00. The Labute approximate surface area is 200 Å². The summed E-state index contributed by atoms with van der Waals surface area (Å²) in [6, 6.07) is 7.22. The number of halogens is 3. The van der Waals surface area contributed by atoms with Crippen LogP contribution in [0.1, 0.15) is 5.56 Å². The molecule has 0 unspecified atom stereocenters. The van der Waals surface area contributed by atoms with Gasteiger partial charge in [-0.3, -0.25) is 9.69 Å². The molecule has 2 aromatic rings. The summed E-state index contributed by atoms with van der Waals surface area (Å²) in [6.45, 7) is -0.280. The van der Waals surface area contributed by atoms with Crippen molar-refractivity contribution in [2.45, 2.75) is 0 Å². The zero-order valence-electron chi connectivity index (χ0n) is 16.1. The van der Waals surface area contributed by atoms with E-state index in [1.807, 2.05) is 0 Å². The van der Waals surface area contributed by atoms with Gasteiger partial charge in [-0.05, 0) is 42.0 Å². The molecule has 1 amide bonds. The molecule has 0 aliphatic carbocycles. The van der Waals surface area contributed by atoms with Crippen LogP contribution in [0.4, 0.5) is 10.1 Å². The zero-order valence-corrected chi connectivity index (χ0v) is 20.1. The predicted molar refractivity (Wildman–Crippen MR) is 125 cm³/mol. The van der Waals surface area contributed by atoms with Gasteiger partial charge < -0.3 is 14.2 Å². The van der Waals surface area contributed by atoms with Gasteiger partial charge in [0.05, 0.1) is 29.8 Å². The highest BCUT2D eigenvalue weighted by molar-refractivity contribution is 9.10. The summed E-state index contributed by atoms with van der Waals surface area (Å²) < 4.78 is 29.7. The third-order valence-electron chi connectivity index (χ3n) is 4.10. The van der Waals surface area contributed by atoms with E-state index in [1.54, 1.807) is 18.2 Å². The number of thioether (sulfide) groups is 1. The van der Waals surface area contributed by atoms with E-state index in [-0.39, 0.29) is 17.5 Å². The Balaban J connectivity index is 1.90. The molecule has 0 bridgehead atoms. The number of ether oxygens (including phenoxy) is 3. The van der Waals surface area contributed by atoms with Crippen LogP contribution in [0.15, 0.2) is 39.7 Å². The molecule has 0 radical (unpaired) electrons. The van der Waals surface area contributed by atoms with E-state index in [9.17, 15) is 14.0 Å². The molecule has 162 valence electrons. The van der Waals surface area contributed by atoms with Crippen LogP contribution in [0, 0.1) is 5.82 Å². The molecule has 6 nitrogen and oxygen atoms in total. The van der Waals surface area contributed by atoms with Gasteiger partial charge in [0.1, 0.15) is 5.82 Å². The number of anilines is 1. The van der Waals surface area contributed by atoms with Crippen molar-refractivity contribution >= 4 is 79.5 Å². The lowest BCUT2D eigenvalue weighted by Gasteiger charge is -2.15. The van der Waals surface area contributed by atoms with Crippen LogP contribution in [0.25, 0.3) is 6.08 Å². The molecule has 0 atom stereocenters. The van der Waals surface area contributed by atoms with E-state index in [0.29, 0.717) is 36.4 Å². The second-order valence-corrected chi connectivity index (χ2v) is 8.94. The first-order chi connectivity index (χ1) is 14.7. The maximum Gasteiger partial charge on any atom is 0.343 e. The van der Waals surface area contributed by atoms with Crippen LogP contribution in [-0.2, 0) is 14.3 Å². The monoisotopic (exact) mass is 545 g/mol. The Morgan fingerprint density at radius 2 is 2.03 bits per heavy atom. The fourth-order valence-corrected chi connectivity index (χ4v) is 4.49. The molecule has 31 heavy (non-hydrogen) atoms. The van der Waals surface area contributed by atoms with Crippen molar-refractivity contribution in [3.63, 3.8) is 0 Å². The van der Waals surface area contributed by atoms with Crippen molar-refractivity contribution < 1.29 is 28.2 Å². The van der Waals surface area contributed by atoms with E-state index in [4.69, 9.17) is 33.3 Å². The van der Waals surface area contributed by atoms with Crippen molar-refractivity contribution in [1.29, 1.82) is 0 Å². The third-order valence-corrected chi connectivity index (χ3v) is 6.38. The number of thiocarbonyl (C=S) groups is 1. The van der Waals surface area contributed by atoms with Crippen molar-refractivity contribution in [1.82, 2.24) is 0 Å². The minimum absolute atomic E-state index is 0.106. The summed E-state index contributed by atoms with van der Waals surface area (Å²) >= 11 is 15.7. The Hall–Kier alpha value is -2.14. The predicted octanol–water partition coefficient (Wildman–Crippen LogP) is 5.21. The van der Waals surface area contributed by atoms with Gasteiger partial charge in [-0.1, -0.05) is 51.5 Å². The Morgan fingerprint density at radius 3 is 2.68 bits per heavy atom. The summed E-state index contributed by atoms with van der Waals surface area (Å²) in [4.78, 5) is 25.9. The summed E-state index contributed by atoms with van der Waals surface area (Å²) in [5.74, 6) is -0.803. The number of nitrogens with zero attached hydrogens (tertiary/aromatic N) is 1. The SMILES string of the molecule is COC(=O)COc1cc(Br)c(/C=C2/SC(=S)N(c3ccc(F)c(Cl)c3)C2=O)cc1OC. The first-order valence-electron chi connectivity index (χ1n) is 8.55. The molecule has 1 heterocycles. The molecule has 2 aromatic carbocycles. The normalized spacial score (nSPS) is 14.9. The molecule has 1 aliphatic rings. The molecule has 1 saturated heterocycles. The summed E-state index contributed by atoms with van der Waals surface area (Å²) in [6.07, 6.45) is 1.64. The molecule has 0 aromatic heterocycles. The summed E-state index contributed by atoms with van der Waals surface area (Å²) in [7, 11) is 2.72. The second-order valence-electron chi connectivity index (χ2n) is 6.00. The maximum absolute atomic E-state index is 13.5. The molecule has 0 saturated carbocycles. The number of esters is 1. The smallest absolute Gasteiger partial charge is 0.343 e. The van der Waals surface area contributed by atoms with Crippen LogP contribution in [0.2, 0.25) is 5.02 Å². The lowest BCUT2D eigenvalue weighted by molar-refractivity contribution is -0.142. The Kier molecular flexibility index (Phi) is 7.58. The molecule has 3 rings (SSSR count). The van der Waals surface area contributed by atoms with E-state index >= 15 is 0 Å². The quantitative estimate of drug-likeness (QED) is 0.280. The second kappa shape index (κ2) is 9.99. The molecular weight excluding hydrogens is 533 g/mol. The minimum Gasteiger partial charge on any atom is -0.493 e. The van der Waals surface area contributed by atoms with Crippen molar-refractivity contribution in [3.05, 3.63) is 56.1 Å². The fraction of sp³-hybridized carbons (Fsp3) is 0.150. The minimum atomic E-state index is -0.586. The highest BCUT2D eigenvalue weighted by atomic mass is 79.9. The van der Waals surface area contributed by atoms with Crippen LogP contribution >= 0.6 is 51.5 Å². The molecule has 0 N–H and O–H groups in total. The highest BCUT2D eigenvalue weighted by Gasteiger charge is 2.33. The third kappa shape index (κ3) is 5.20. The van der Waals surface area contributed by atoms with Crippen molar-refractivity contribution in [2.75, 3.05) is 25.7 Å². The standard InChI is InChI=1S/C20H14BrClFNO5S2/c1-27-15-5-10(12(21)8-16(15)29-9-18(25)28-2)6-17-19(26)24(20(30)31-17)11-3-4-14(23)13(22)7-11/h3-8H,9H2,1-2H3/b17-6+. The topological polar surface area (TPSA) is 65.1 Å². The van der Waals surface area contributed by atoms with Gasteiger partial charge in [0.25, 0.3) is 5.91 Å². The van der Waals surface area contributed by atoms with Gasteiger partial charge in [0.15, 0.2) is 22.4 Å². The number of benzene rings is 2. The number of methoxy groups -OCH3 is 2. The zero-order chi connectivity index (χ0) is 22.7. The number of rotatable bonds is 6. The molecule has 11 heteroatoms. The van der Waals surface area contributed by atoms with Gasteiger partial charge in [-0.25, -0.2) is 9.18 Å². The Bertz CT molecular complexity index is 1110. The van der Waals surface area contributed by atoms with Crippen LogP contribution in [-0.4, -0.2) is 37.0 Å². The largest absolute Gasteiger partial charge is 0.493 e. The number of hydrogen-bond acceptors (Lipinski definition) is 7. The Morgan fingerprint density at radius 1 is 1.29 bits per heavy atom. The molecule has 0 spiro atoms. The van der Waals surface area contributed by atoms with Crippen LogP contribution < -0.4 is 14.4 Å². The molecule has 1 fully saturated rings. The number of hydrogen-bond donors (Lipinski definition) is 0. The maximum atomic E-state index is 13.5. The fourth-order valence-electron chi connectivity index (χ4n) is 2.59. The van der Waals surface area contributed by atoms with Gasteiger partial charge in [0, 0.05) is 4.47 Å². The highest BCUT2D eigenvalue weighted by Crippen LogP contribution is 2.40. The van der Waals surface area contributed by atoms with E-state index < -0.39 is 11.8 Å². The summed E-state index contributed by atoms with van der Waals surface area (Å²) in [5, 5.41) is -0.106. The van der Waals surface area contributed by atoms with Crippen LogP contribution in [0.3, 0.4) is 0 Å². The number of carbonyl (C=O) groups excluding carboxylic acids is 2. The number of amides is 1. The average Bonchev–Trinajstić information content (AvgIpc) is 3.02.